The van der Waals surface area contributed by atoms with E-state index in [-0.39, 0.29) is 6.10 Å². The van der Waals surface area contributed by atoms with Gasteiger partial charge in [-0.1, -0.05) is 27.6 Å². The van der Waals surface area contributed by atoms with Gasteiger partial charge in [0.25, 0.3) is 0 Å². The average molecular weight is 431 g/mol. The second-order valence-corrected chi connectivity index (χ2v) is 7.85. The molecule has 0 heterocycles. The van der Waals surface area contributed by atoms with Crippen molar-refractivity contribution in [1.29, 1.82) is 0 Å². The molecule has 1 N–H and O–H groups in total. The molecule has 0 unspecified atom stereocenters. The first-order valence-electron chi connectivity index (χ1n) is 8.09. The third kappa shape index (κ3) is 5.71. The maximum absolute atomic E-state index is 5.96. The van der Waals surface area contributed by atoms with Gasteiger partial charge < -0.3 is 10.1 Å². The molecular formula is C18H25Br2NO. The van der Waals surface area contributed by atoms with Gasteiger partial charge in [0.15, 0.2) is 0 Å². The number of rotatable bonds is 7. The van der Waals surface area contributed by atoms with Crippen molar-refractivity contribution in [3.63, 3.8) is 0 Å². The molecule has 0 atom stereocenters. The number of allylic oxidation sites excluding steroid dienone is 1. The number of ether oxygens (including phenoxy) is 1. The van der Waals surface area contributed by atoms with Crippen LogP contribution in [0.5, 0.6) is 5.75 Å². The van der Waals surface area contributed by atoms with Crippen LogP contribution in [0.25, 0.3) is 0 Å². The normalized spacial score (nSPS) is 15.0. The lowest BCUT2D eigenvalue weighted by atomic mass is 9.97. The van der Waals surface area contributed by atoms with E-state index in [1.54, 1.807) is 5.57 Å². The van der Waals surface area contributed by atoms with Crippen LogP contribution in [0.4, 0.5) is 0 Å². The van der Waals surface area contributed by atoms with Crippen molar-refractivity contribution < 1.29 is 4.74 Å². The molecule has 4 heteroatoms. The average Bonchev–Trinajstić information content (AvgIpc) is 2.47. The molecule has 1 aliphatic rings. The van der Waals surface area contributed by atoms with Gasteiger partial charge in [-0.05, 0) is 80.6 Å². The summed E-state index contributed by atoms with van der Waals surface area (Å²) in [4.78, 5) is 0. The molecule has 0 saturated heterocycles. The van der Waals surface area contributed by atoms with Crippen LogP contribution in [0, 0.1) is 0 Å². The van der Waals surface area contributed by atoms with Gasteiger partial charge in [-0.2, -0.15) is 0 Å². The van der Waals surface area contributed by atoms with E-state index in [1.165, 1.54) is 31.2 Å². The maximum atomic E-state index is 5.96. The van der Waals surface area contributed by atoms with E-state index in [4.69, 9.17) is 4.74 Å². The zero-order valence-electron chi connectivity index (χ0n) is 13.4. The first kappa shape index (κ1) is 18.0. The third-order valence-electron chi connectivity index (χ3n) is 3.76. The van der Waals surface area contributed by atoms with Gasteiger partial charge in [0, 0.05) is 16.6 Å². The fourth-order valence-corrected chi connectivity index (χ4v) is 4.12. The lowest BCUT2D eigenvalue weighted by Gasteiger charge is -2.17. The largest absolute Gasteiger partial charge is 0.489 e. The lowest BCUT2D eigenvalue weighted by Crippen LogP contribution is -2.17. The maximum Gasteiger partial charge on any atom is 0.138 e. The van der Waals surface area contributed by atoms with Gasteiger partial charge in [-0.3, -0.25) is 0 Å². The summed E-state index contributed by atoms with van der Waals surface area (Å²) in [7, 11) is 0. The first-order valence-corrected chi connectivity index (χ1v) is 9.68. The van der Waals surface area contributed by atoms with Crippen molar-refractivity contribution in [3.05, 3.63) is 38.3 Å². The van der Waals surface area contributed by atoms with Crippen LogP contribution in [0.2, 0.25) is 0 Å². The SMILES string of the molecule is CC(C)Oc1c(Br)cc(Br)cc1CNCCC1=CCCCC1. The van der Waals surface area contributed by atoms with Crippen LogP contribution in [0.1, 0.15) is 51.5 Å². The van der Waals surface area contributed by atoms with Crippen molar-refractivity contribution in [2.45, 2.75) is 58.6 Å². The molecule has 122 valence electrons. The van der Waals surface area contributed by atoms with E-state index in [1.807, 2.05) is 6.07 Å². The molecule has 2 rings (SSSR count). The Labute approximate surface area is 151 Å². The summed E-state index contributed by atoms with van der Waals surface area (Å²) >= 11 is 7.17. The molecule has 0 bridgehead atoms. The Morgan fingerprint density at radius 1 is 1.23 bits per heavy atom. The monoisotopic (exact) mass is 429 g/mol. The fourth-order valence-electron chi connectivity index (χ4n) is 2.72. The summed E-state index contributed by atoms with van der Waals surface area (Å²) in [5, 5.41) is 3.55. The van der Waals surface area contributed by atoms with Crippen molar-refractivity contribution in [2.24, 2.45) is 0 Å². The second-order valence-electron chi connectivity index (χ2n) is 6.08. The highest BCUT2D eigenvalue weighted by Gasteiger charge is 2.12. The van der Waals surface area contributed by atoms with E-state index in [9.17, 15) is 0 Å². The highest BCUT2D eigenvalue weighted by Crippen LogP contribution is 2.33. The molecule has 1 aliphatic carbocycles. The second kappa shape index (κ2) is 9.09. The molecular weight excluding hydrogens is 406 g/mol. The number of nitrogens with one attached hydrogen (secondary N) is 1. The first-order chi connectivity index (χ1) is 10.6. The molecule has 0 fully saturated rings. The molecule has 0 amide bonds. The minimum Gasteiger partial charge on any atom is -0.489 e. The molecule has 1 aromatic rings. The van der Waals surface area contributed by atoms with Gasteiger partial charge in [0.1, 0.15) is 5.75 Å². The number of benzene rings is 1. The smallest absolute Gasteiger partial charge is 0.138 e. The van der Waals surface area contributed by atoms with Crippen LogP contribution in [-0.4, -0.2) is 12.6 Å². The van der Waals surface area contributed by atoms with Crippen molar-refractivity contribution in [1.82, 2.24) is 5.32 Å². The Balaban J connectivity index is 1.92. The van der Waals surface area contributed by atoms with Crippen molar-refractivity contribution >= 4 is 31.9 Å². The Hall–Kier alpha value is -0.320. The van der Waals surface area contributed by atoms with Crippen LogP contribution in [-0.2, 0) is 6.54 Å². The summed E-state index contributed by atoms with van der Waals surface area (Å²) in [6.07, 6.45) is 9.02. The van der Waals surface area contributed by atoms with E-state index in [0.717, 1.165) is 34.2 Å². The third-order valence-corrected chi connectivity index (χ3v) is 4.81. The Morgan fingerprint density at radius 3 is 2.73 bits per heavy atom. The predicted molar refractivity (Wildman–Crippen MR) is 100 cm³/mol. The number of hydrogen-bond donors (Lipinski definition) is 1. The Bertz CT molecular complexity index is 526. The molecule has 0 aliphatic heterocycles. The molecule has 2 nitrogen and oxygen atoms in total. The fraction of sp³-hybridized carbons (Fsp3) is 0.556. The molecule has 0 spiro atoms. The topological polar surface area (TPSA) is 21.3 Å². The summed E-state index contributed by atoms with van der Waals surface area (Å²) in [5.74, 6) is 0.947. The minimum absolute atomic E-state index is 0.170. The van der Waals surface area contributed by atoms with E-state index < -0.39 is 0 Å². The van der Waals surface area contributed by atoms with Crippen LogP contribution < -0.4 is 10.1 Å². The van der Waals surface area contributed by atoms with Gasteiger partial charge >= 0.3 is 0 Å². The molecule has 0 radical (unpaired) electrons. The quantitative estimate of drug-likeness (QED) is 0.424. The van der Waals surface area contributed by atoms with Gasteiger partial charge in [-0.15, -0.1) is 0 Å². The number of halogens is 2. The zero-order valence-corrected chi connectivity index (χ0v) is 16.6. The molecule has 0 saturated carbocycles. The van der Waals surface area contributed by atoms with Gasteiger partial charge in [0.05, 0.1) is 10.6 Å². The summed E-state index contributed by atoms with van der Waals surface area (Å²) < 4.78 is 8.03. The van der Waals surface area contributed by atoms with Crippen LogP contribution >= 0.6 is 31.9 Å². The highest BCUT2D eigenvalue weighted by molar-refractivity contribution is 9.11. The zero-order chi connectivity index (χ0) is 15.9. The summed E-state index contributed by atoms with van der Waals surface area (Å²) in [5.41, 5.74) is 2.81. The van der Waals surface area contributed by atoms with Gasteiger partial charge in [0.2, 0.25) is 0 Å². The summed E-state index contributed by atoms with van der Waals surface area (Å²) in [6.45, 7) is 5.97. The van der Waals surface area contributed by atoms with Crippen LogP contribution in [0.3, 0.4) is 0 Å². The van der Waals surface area contributed by atoms with Crippen LogP contribution in [0.15, 0.2) is 32.7 Å². The van der Waals surface area contributed by atoms with Crippen molar-refractivity contribution in [2.75, 3.05) is 6.54 Å². The molecule has 1 aromatic carbocycles. The van der Waals surface area contributed by atoms with Crippen molar-refractivity contribution in [3.8, 4) is 5.75 Å². The lowest BCUT2D eigenvalue weighted by molar-refractivity contribution is 0.238. The summed E-state index contributed by atoms with van der Waals surface area (Å²) in [6, 6.07) is 4.17. The number of hydrogen-bond acceptors (Lipinski definition) is 2. The molecule has 22 heavy (non-hydrogen) atoms. The van der Waals surface area contributed by atoms with E-state index in [2.05, 4.69) is 63.2 Å². The minimum atomic E-state index is 0.170. The van der Waals surface area contributed by atoms with Gasteiger partial charge in [-0.25, -0.2) is 0 Å². The van der Waals surface area contributed by atoms with E-state index in [0.29, 0.717) is 0 Å². The molecule has 0 aromatic heterocycles. The standard InChI is InChI=1S/C18H25Br2NO/c1-13(2)22-18-15(10-16(19)11-17(18)20)12-21-9-8-14-6-4-3-5-7-14/h6,10-11,13,21H,3-5,7-9,12H2,1-2H3. The Morgan fingerprint density at radius 2 is 2.05 bits per heavy atom. The Kier molecular flexibility index (Phi) is 7.45. The highest BCUT2D eigenvalue weighted by atomic mass is 79.9. The van der Waals surface area contributed by atoms with E-state index >= 15 is 0 Å². The predicted octanol–water partition coefficient (Wildman–Crippen LogP) is 5.98.